The van der Waals surface area contributed by atoms with Crippen molar-refractivity contribution >= 4 is 5.97 Å². The van der Waals surface area contributed by atoms with E-state index in [1.54, 1.807) is 4.68 Å². The molecule has 0 unspecified atom stereocenters. The van der Waals surface area contributed by atoms with Crippen LogP contribution in [0.4, 0.5) is 0 Å². The highest BCUT2D eigenvalue weighted by atomic mass is 16.4. The Hall–Kier alpha value is -2.17. The molecular weight excluding hydrogens is 242 g/mol. The molecule has 5 nitrogen and oxygen atoms in total. The lowest BCUT2D eigenvalue weighted by atomic mass is 10.1. The first-order valence-corrected chi connectivity index (χ1v) is 6.34. The molecule has 0 aliphatic rings. The molecule has 0 atom stereocenters. The van der Waals surface area contributed by atoms with Crippen molar-refractivity contribution < 1.29 is 9.90 Å². The zero-order valence-corrected chi connectivity index (χ0v) is 11.1. The van der Waals surface area contributed by atoms with Crippen molar-refractivity contribution in [2.75, 3.05) is 0 Å². The molecule has 5 heteroatoms. The average Bonchev–Trinajstić information content (AvgIpc) is 2.78. The van der Waals surface area contributed by atoms with Crippen LogP contribution in [0.1, 0.15) is 30.3 Å². The van der Waals surface area contributed by atoms with Crippen LogP contribution in [0.5, 0.6) is 0 Å². The van der Waals surface area contributed by atoms with E-state index in [9.17, 15) is 4.79 Å². The number of hydrogen-bond acceptors (Lipinski definition) is 3. The first-order valence-electron chi connectivity index (χ1n) is 6.34. The lowest BCUT2D eigenvalue weighted by Gasteiger charge is -2.04. The fourth-order valence-electron chi connectivity index (χ4n) is 1.93. The van der Waals surface area contributed by atoms with Gasteiger partial charge >= 0.3 is 5.97 Å². The van der Waals surface area contributed by atoms with Gasteiger partial charge in [-0.3, -0.25) is 4.79 Å². The summed E-state index contributed by atoms with van der Waals surface area (Å²) in [5.41, 5.74) is 3.85. The molecule has 0 bridgehead atoms. The van der Waals surface area contributed by atoms with Gasteiger partial charge < -0.3 is 5.11 Å². The van der Waals surface area contributed by atoms with E-state index in [4.69, 9.17) is 5.11 Å². The first-order chi connectivity index (χ1) is 9.11. The number of carboxylic acids is 1. The fourth-order valence-corrected chi connectivity index (χ4v) is 1.93. The van der Waals surface area contributed by atoms with Crippen LogP contribution in [-0.4, -0.2) is 26.1 Å². The van der Waals surface area contributed by atoms with Crippen LogP contribution < -0.4 is 0 Å². The highest BCUT2D eigenvalue weighted by Gasteiger charge is 2.11. The van der Waals surface area contributed by atoms with Gasteiger partial charge in [0.2, 0.25) is 0 Å². The van der Waals surface area contributed by atoms with E-state index in [2.05, 4.69) is 29.4 Å². The highest BCUT2D eigenvalue weighted by molar-refractivity contribution is 5.67. The van der Waals surface area contributed by atoms with Gasteiger partial charge in [0.05, 0.1) is 23.5 Å². The number of aliphatic carboxylic acids is 1. The quantitative estimate of drug-likeness (QED) is 0.893. The van der Waals surface area contributed by atoms with E-state index < -0.39 is 5.97 Å². The standard InChI is InChI=1S/C14H17N3O2/c1-3-11-4-6-12(7-5-11)17-10(2)13(15-16-17)8-9-14(18)19/h4-7H,3,8-9H2,1-2H3,(H,18,19). The zero-order chi connectivity index (χ0) is 13.8. The van der Waals surface area contributed by atoms with Gasteiger partial charge in [-0.25, -0.2) is 4.68 Å². The zero-order valence-electron chi connectivity index (χ0n) is 11.1. The summed E-state index contributed by atoms with van der Waals surface area (Å²) >= 11 is 0. The lowest BCUT2D eigenvalue weighted by Crippen LogP contribution is -2.01. The topological polar surface area (TPSA) is 68.0 Å². The molecule has 0 saturated heterocycles. The Kier molecular flexibility index (Phi) is 3.94. The molecule has 0 aliphatic carbocycles. The van der Waals surface area contributed by atoms with Crippen molar-refractivity contribution in [3.63, 3.8) is 0 Å². The van der Waals surface area contributed by atoms with Crippen molar-refractivity contribution in [3.8, 4) is 5.69 Å². The second-order valence-corrected chi connectivity index (χ2v) is 4.45. The lowest BCUT2D eigenvalue weighted by molar-refractivity contribution is -0.136. The van der Waals surface area contributed by atoms with Crippen molar-refractivity contribution in [2.45, 2.75) is 33.1 Å². The summed E-state index contributed by atoms with van der Waals surface area (Å²) in [7, 11) is 0. The molecular formula is C14H17N3O2. The van der Waals surface area contributed by atoms with Crippen molar-refractivity contribution in [1.82, 2.24) is 15.0 Å². The minimum Gasteiger partial charge on any atom is -0.481 e. The number of benzene rings is 1. The maximum absolute atomic E-state index is 10.6. The molecule has 1 N–H and O–H groups in total. The normalized spacial score (nSPS) is 10.6. The van der Waals surface area contributed by atoms with E-state index in [0.717, 1.165) is 23.5 Å². The number of aromatic nitrogens is 3. The van der Waals surface area contributed by atoms with E-state index >= 15 is 0 Å². The smallest absolute Gasteiger partial charge is 0.303 e. The minimum atomic E-state index is -0.818. The SMILES string of the molecule is CCc1ccc(-n2nnc(CCC(=O)O)c2C)cc1. The highest BCUT2D eigenvalue weighted by Crippen LogP contribution is 2.14. The third-order valence-corrected chi connectivity index (χ3v) is 3.16. The van der Waals surface area contributed by atoms with Gasteiger partial charge in [0.15, 0.2) is 0 Å². The first kappa shape index (κ1) is 13.3. The van der Waals surface area contributed by atoms with Crippen molar-refractivity contribution in [1.29, 1.82) is 0 Å². The Morgan fingerprint density at radius 3 is 2.58 bits per heavy atom. The number of aryl methyl sites for hydroxylation is 2. The molecule has 2 rings (SSSR count). The summed E-state index contributed by atoms with van der Waals surface area (Å²) < 4.78 is 1.75. The van der Waals surface area contributed by atoms with Gasteiger partial charge in [0.1, 0.15) is 0 Å². The Morgan fingerprint density at radius 1 is 1.32 bits per heavy atom. The molecule has 0 radical (unpaired) electrons. The van der Waals surface area contributed by atoms with Crippen LogP contribution >= 0.6 is 0 Å². The van der Waals surface area contributed by atoms with Crippen molar-refractivity contribution in [2.24, 2.45) is 0 Å². The van der Waals surface area contributed by atoms with Gasteiger partial charge in [-0.2, -0.15) is 0 Å². The predicted molar refractivity (Wildman–Crippen MR) is 71.4 cm³/mol. The Bertz CT molecular complexity index is 573. The van der Waals surface area contributed by atoms with Crippen LogP contribution in [0.3, 0.4) is 0 Å². The van der Waals surface area contributed by atoms with Crippen LogP contribution in [0, 0.1) is 6.92 Å². The molecule has 2 aromatic rings. The van der Waals surface area contributed by atoms with E-state index in [1.165, 1.54) is 5.56 Å². The second-order valence-electron chi connectivity index (χ2n) is 4.45. The number of nitrogens with zero attached hydrogens (tertiary/aromatic N) is 3. The van der Waals surface area contributed by atoms with Crippen LogP contribution in [0.2, 0.25) is 0 Å². The van der Waals surface area contributed by atoms with E-state index in [-0.39, 0.29) is 6.42 Å². The summed E-state index contributed by atoms with van der Waals surface area (Å²) in [6.07, 6.45) is 1.49. The van der Waals surface area contributed by atoms with Crippen LogP contribution in [0.25, 0.3) is 5.69 Å². The molecule has 0 saturated carbocycles. The summed E-state index contributed by atoms with van der Waals surface area (Å²) in [5, 5.41) is 16.8. The van der Waals surface area contributed by atoms with Crippen LogP contribution in [-0.2, 0) is 17.6 Å². The minimum absolute atomic E-state index is 0.0777. The summed E-state index contributed by atoms with van der Waals surface area (Å²) in [4.78, 5) is 10.6. The summed E-state index contributed by atoms with van der Waals surface area (Å²) in [6.45, 7) is 4.02. The largest absolute Gasteiger partial charge is 0.481 e. The number of carbonyl (C=O) groups is 1. The number of carboxylic acid groups (broad SMARTS) is 1. The molecule has 1 aromatic heterocycles. The molecule has 1 aromatic carbocycles. The Balaban J connectivity index is 2.22. The summed E-state index contributed by atoms with van der Waals surface area (Å²) in [5.74, 6) is -0.818. The fraction of sp³-hybridized carbons (Fsp3) is 0.357. The van der Waals surface area contributed by atoms with Gasteiger partial charge in [0, 0.05) is 6.42 Å². The van der Waals surface area contributed by atoms with Crippen LogP contribution in [0.15, 0.2) is 24.3 Å². The van der Waals surface area contributed by atoms with Gasteiger partial charge in [-0.1, -0.05) is 24.3 Å². The molecule has 0 fully saturated rings. The third kappa shape index (κ3) is 2.99. The maximum atomic E-state index is 10.6. The second kappa shape index (κ2) is 5.65. The maximum Gasteiger partial charge on any atom is 0.303 e. The monoisotopic (exact) mass is 259 g/mol. The molecule has 1 heterocycles. The summed E-state index contributed by atoms with van der Waals surface area (Å²) in [6, 6.07) is 8.13. The molecule has 100 valence electrons. The van der Waals surface area contributed by atoms with Gasteiger partial charge in [-0.05, 0) is 31.0 Å². The average molecular weight is 259 g/mol. The van der Waals surface area contributed by atoms with Gasteiger partial charge in [-0.15, -0.1) is 5.10 Å². The Labute approximate surface area is 111 Å². The predicted octanol–water partition coefficient (Wildman–Crippen LogP) is 2.16. The number of rotatable bonds is 5. The molecule has 19 heavy (non-hydrogen) atoms. The van der Waals surface area contributed by atoms with Crippen molar-refractivity contribution in [3.05, 3.63) is 41.2 Å². The van der Waals surface area contributed by atoms with E-state index in [1.807, 2.05) is 19.1 Å². The number of hydrogen-bond donors (Lipinski definition) is 1. The van der Waals surface area contributed by atoms with Gasteiger partial charge in [0.25, 0.3) is 0 Å². The Morgan fingerprint density at radius 2 is 2.00 bits per heavy atom. The molecule has 0 aliphatic heterocycles. The van der Waals surface area contributed by atoms with E-state index in [0.29, 0.717) is 6.42 Å². The molecule has 0 spiro atoms. The third-order valence-electron chi connectivity index (χ3n) is 3.16. The molecule has 0 amide bonds.